The van der Waals surface area contributed by atoms with Crippen LogP contribution in [0.1, 0.15) is 38.9 Å². The molecule has 1 fully saturated rings. The molecule has 1 aliphatic rings. The molecular formula is C12H22N4O. The summed E-state index contributed by atoms with van der Waals surface area (Å²) in [6.07, 6.45) is 5.16. The van der Waals surface area contributed by atoms with Crippen molar-refractivity contribution in [2.75, 3.05) is 7.11 Å². The topological polar surface area (TPSA) is 52.0 Å². The normalized spacial score (nSPS) is 16.4. The van der Waals surface area contributed by atoms with Crippen LogP contribution in [0.4, 0.5) is 0 Å². The van der Waals surface area contributed by atoms with Crippen LogP contribution in [0.3, 0.4) is 0 Å². The van der Waals surface area contributed by atoms with Gasteiger partial charge in [-0.1, -0.05) is 0 Å². The molecule has 5 heteroatoms. The fourth-order valence-corrected chi connectivity index (χ4v) is 1.61. The van der Waals surface area contributed by atoms with E-state index >= 15 is 0 Å². The molecule has 1 heterocycles. The van der Waals surface area contributed by atoms with Crippen molar-refractivity contribution in [3.63, 3.8) is 0 Å². The van der Waals surface area contributed by atoms with E-state index in [0.717, 1.165) is 25.3 Å². The lowest BCUT2D eigenvalue weighted by Gasteiger charge is -2.22. The Morgan fingerprint density at radius 2 is 2.29 bits per heavy atom. The van der Waals surface area contributed by atoms with E-state index in [1.807, 2.05) is 4.68 Å². The monoisotopic (exact) mass is 238 g/mol. The summed E-state index contributed by atoms with van der Waals surface area (Å²) in [6, 6.07) is 0.704. The standard InChI is InChI=1S/C12H22N4O/c1-12(2,17-3)6-7-16-11(14-9-15-16)8-13-10-4-5-10/h9-10,13H,4-8H2,1-3H3. The first kappa shape index (κ1) is 12.5. The van der Waals surface area contributed by atoms with E-state index in [0.29, 0.717) is 6.04 Å². The van der Waals surface area contributed by atoms with E-state index in [9.17, 15) is 0 Å². The maximum Gasteiger partial charge on any atom is 0.140 e. The van der Waals surface area contributed by atoms with Crippen LogP contribution in [0, 0.1) is 0 Å². The van der Waals surface area contributed by atoms with Gasteiger partial charge in [0.15, 0.2) is 0 Å². The molecule has 0 aliphatic heterocycles. The molecule has 0 saturated heterocycles. The third kappa shape index (κ3) is 3.78. The minimum atomic E-state index is -0.104. The quantitative estimate of drug-likeness (QED) is 0.779. The Balaban J connectivity index is 1.84. The Bertz CT molecular complexity index is 357. The molecular weight excluding hydrogens is 216 g/mol. The third-order valence-electron chi connectivity index (χ3n) is 3.30. The molecule has 1 saturated carbocycles. The van der Waals surface area contributed by atoms with Gasteiger partial charge >= 0.3 is 0 Å². The Kier molecular flexibility index (Phi) is 3.79. The average molecular weight is 238 g/mol. The van der Waals surface area contributed by atoms with Crippen LogP contribution < -0.4 is 5.32 Å². The first-order chi connectivity index (χ1) is 8.11. The van der Waals surface area contributed by atoms with E-state index in [1.54, 1.807) is 13.4 Å². The zero-order valence-electron chi connectivity index (χ0n) is 10.9. The molecule has 0 amide bonds. The van der Waals surface area contributed by atoms with Crippen LogP contribution in [-0.4, -0.2) is 33.5 Å². The summed E-state index contributed by atoms with van der Waals surface area (Å²) in [5, 5.41) is 7.72. The summed E-state index contributed by atoms with van der Waals surface area (Å²) in [4.78, 5) is 4.29. The predicted octanol–water partition coefficient (Wildman–Crippen LogP) is 1.35. The average Bonchev–Trinajstić information content (AvgIpc) is 3.03. The zero-order chi connectivity index (χ0) is 12.3. The maximum absolute atomic E-state index is 5.41. The third-order valence-corrected chi connectivity index (χ3v) is 3.30. The van der Waals surface area contributed by atoms with Gasteiger partial charge in [-0.05, 0) is 33.1 Å². The lowest BCUT2D eigenvalue weighted by Crippen LogP contribution is -2.26. The highest BCUT2D eigenvalue weighted by atomic mass is 16.5. The van der Waals surface area contributed by atoms with Crippen molar-refractivity contribution in [2.24, 2.45) is 0 Å². The summed E-state index contributed by atoms with van der Waals surface area (Å²) < 4.78 is 7.38. The number of rotatable bonds is 7. The van der Waals surface area contributed by atoms with Gasteiger partial charge in [-0.25, -0.2) is 9.67 Å². The minimum absolute atomic E-state index is 0.104. The molecule has 96 valence electrons. The summed E-state index contributed by atoms with van der Waals surface area (Å²) in [7, 11) is 1.75. The molecule has 0 unspecified atom stereocenters. The molecule has 1 N–H and O–H groups in total. The van der Waals surface area contributed by atoms with Crippen molar-refractivity contribution in [1.82, 2.24) is 20.1 Å². The van der Waals surface area contributed by atoms with Crippen LogP contribution in [0.25, 0.3) is 0 Å². The Hall–Kier alpha value is -0.940. The number of aromatic nitrogens is 3. The van der Waals surface area contributed by atoms with Crippen LogP contribution in [0.2, 0.25) is 0 Å². The van der Waals surface area contributed by atoms with E-state index < -0.39 is 0 Å². The number of hydrogen-bond donors (Lipinski definition) is 1. The predicted molar refractivity (Wildman–Crippen MR) is 65.6 cm³/mol. The Morgan fingerprint density at radius 3 is 2.94 bits per heavy atom. The van der Waals surface area contributed by atoms with Gasteiger partial charge in [0.1, 0.15) is 12.2 Å². The van der Waals surface area contributed by atoms with E-state index in [2.05, 4.69) is 29.2 Å². The molecule has 1 aliphatic carbocycles. The first-order valence-corrected chi connectivity index (χ1v) is 6.26. The summed E-state index contributed by atoms with van der Waals surface area (Å²) in [5.41, 5.74) is -0.104. The lowest BCUT2D eigenvalue weighted by atomic mass is 10.1. The van der Waals surface area contributed by atoms with Crippen LogP contribution >= 0.6 is 0 Å². The molecule has 0 bridgehead atoms. The van der Waals surface area contributed by atoms with Crippen molar-refractivity contribution in [3.05, 3.63) is 12.2 Å². The highest BCUT2D eigenvalue weighted by Crippen LogP contribution is 2.19. The Labute approximate surface area is 103 Å². The fourth-order valence-electron chi connectivity index (χ4n) is 1.61. The highest BCUT2D eigenvalue weighted by molar-refractivity contribution is 4.89. The van der Waals surface area contributed by atoms with Crippen molar-refractivity contribution in [1.29, 1.82) is 0 Å². The zero-order valence-corrected chi connectivity index (χ0v) is 10.9. The highest BCUT2D eigenvalue weighted by Gasteiger charge is 2.21. The lowest BCUT2D eigenvalue weighted by molar-refractivity contribution is 0.0111. The van der Waals surface area contributed by atoms with Gasteiger partial charge in [-0.2, -0.15) is 5.10 Å². The van der Waals surface area contributed by atoms with Gasteiger partial charge in [0, 0.05) is 19.7 Å². The molecule has 0 aromatic carbocycles. The molecule has 0 spiro atoms. The second kappa shape index (κ2) is 5.14. The summed E-state index contributed by atoms with van der Waals surface area (Å²) in [6.45, 7) is 5.85. The molecule has 1 aromatic heterocycles. The molecule has 5 nitrogen and oxygen atoms in total. The number of hydrogen-bond acceptors (Lipinski definition) is 4. The molecule has 17 heavy (non-hydrogen) atoms. The molecule has 0 radical (unpaired) electrons. The van der Waals surface area contributed by atoms with Gasteiger partial charge in [-0.3, -0.25) is 0 Å². The summed E-state index contributed by atoms with van der Waals surface area (Å²) in [5.74, 6) is 1.02. The van der Waals surface area contributed by atoms with Crippen LogP contribution in [0.5, 0.6) is 0 Å². The van der Waals surface area contributed by atoms with Gasteiger partial charge < -0.3 is 10.1 Å². The van der Waals surface area contributed by atoms with E-state index in [1.165, 1.54) is 12.8 Å². The molecule has 2 rings (SSSR count). The van der Waals surface area contributed by atoms with E-state index in [4.69, 9.17) is 4.74 Å². The van der Waals surface area contributed by atoms with Gasteiger partial charge in [0.2, 0.25) is 0 Å². The summed E-state index contributed by atoms with van der Waals surface area (Å²) >= 11 is 0. The van der Waals surface area contributed by atoms with Crippen molar-refractivity contribution in [3.8, 4) is 0 Å². The second-order valence-electron chi connectivity index (χ2n) is 5.27. The SMILES string of the molecule is COC(C)(C)CCn1ncnc1CNC1CC1. The number of nitrogens with one attached hydrogen (secondary N) is 1. The number of ether oxygens (including phenoxy) is 1. The minimum Gasteiger partial charge on any atom is -0.379 e. The number of aryl methyl sites for hydroxylation is 1. The van der Waals surface area contributed by atoms with Crippen molar-refractivity contribution in [2.45, 2.75) is 57.8 Å². The molecule has 1 aromatic rings. The first-order valence-electron chi connectivity index (χ1n) is 6.26. The number of methoxy groups -OCH3 is 1. The second-order valence-corrected chi connectivity index (χ2v) is 5.27. The number of nitrogens with zero attached hydrogens (tertiary/aromatic N) is 3. The van der Waals surface area contributed by atoms with Gasteiger partial charge in [-0.15, -0.1) is 0 Å². The maximum atomic E-state index is 5.41. The fraction of sp³-hybridized carbons (Fsp3) is 0.833. The largest absolute Gasteiger partial charge is 0.379 e. The Morgan fingerprint density at radius 1 is 1.53 bits per heavy atom. The molecule has 0 atom stereocenters. The van der Waals surface area contributed by atoms with Gasteiger partial charge in [0.05, 0.1) is 12.1 Å². The smallest absolute Gasteiger partial charge is 0.140 e. The van der Waals surface area contributed by atoms with Crippen molar-refractivity contribution >= 4 is 0 Å². The van der Waals surface area contributed by atoms with Crippen LogP contribution in [0.15, 0.2) is 6.33 Å². The van der Waals surface area contributed by atoms with E-state index in [-0.39, 0.29) is 5.60 Å². The van der Waals surface area contributed by atoms with Crippen molar-refractivity contribution < 1.29 is 4.74 Å². The van der Waals surface area contributed by atoms with Crippen LogP contribution in [-0.2, 0) is 17.8 Å². The van der Waals surface area contributed by atoms with Gasteiger partial charge in [0.25, 0.3) is 0 Å².